The van der Waals surface area contributed by atoms with Gasteiger partial charge in [-0.2, -0.15) is 0 Å². The number of hydrogen-bond donors (Lipinski definition) is 2. The van der Waals surface area contributed by atoms with E-state index in [-0.39, 0.29) is 6.04 Å². The van der Waals surface area contributed by atoms with Gasteiger partial charge in [0.1, 0.15) is 0 Å². The fraction of sp³-hybridized carbons (Fsp3) is 0.200. The van der Waals surface area contributed by atoms with Crippen LogP contribution in [0.3, 0.4) is 0 Å². The lowest BCUT2D eigenvalue weighted by atomic mass is 9.99. The summed E-state index contributed by atoms with van der Waals surface area (Å²) in [5, 5.41) is 0. The molecule has 0 bridgehead atoms. The Kier molecular flexibility index (Phi) is 5.24. The van der Waals surface area contributed by atoms with Crippen LogP contribution in [0.15, 0.2) is 61.2 Å². The molecule has 2 N–H and O–H groups in total. The number of anilines is 1. The molecule has 2 nitrogen and oxygen atoms in total. The highest BCUT2D eigenvalue weighted by Crippen LogP contribution is 2.32. The second kappa shape index (κ2) is 6.71. The fourth-order valence-electron chi connectivity index (χ4n) is 1.77. The van der Waals surface area contributed by atoms with Gasteiger partial charge in [0.2, 0.25) is 0 Å². The number of hydrazine groups is 1. The quantitative estimate of drug-likeness (QED) is 0.765. The molecule has 1 aromatic carbocycles. The van der Waals surface area contributed by atoms with E-state index < -0.39 is 0 Å². The van der Waals surface area contributed by atoms with E-state index in [1.807, 2.05) is 38.1 Å². The maximum Gasteiger partial charge on any atom is 0.0780 e. The highest BCUT2D eigenvalue weighted by atomic mass is 15.4. The predicted molar refractivity (Wildman–Crippen MR) is 75.8 cm³/mol. The van der Waals surface area contributed by atoms with Crippen LogP contribution in [0.5, 0.6) is 0 Å². The van der Waals surface area contributed by atoms with Crippen molar-refractivity contribution in [2.75, 3.05) is 5.43 Å². The van der Waals surface area contributed by atoms with Crippen molar-refractivity contribution in [1.82, 2.24) is 5.43 Å². The lowest BCUT2D eigenvalue weighted by molar-refractivity contribution is 0.728. The lowest BCUT2D eigenvalue weighted by Gasteiger charge is -2.11. The minimum absolute atomic E-state index is 0.164. The normalized spacial score (nSPS) is 17.3. The van der Waals surface area contributed by atoms with Gasteiger partial charge in [-0.15, -0.1) is 0 Å². The maximum atomic E-state index is 3.81. The number of nitrogens with one attached hydrogen (secondary N) is 2. The predicted octanol–water partition coefficient (Wildman–Crippen LogP) is 3.98. The van der Waals surface area contributed by atoms with E-state index >= 15 is 0 Å². The topological polar surface area (TPSA) is 24.1 Å². The molecule has 1 atom stereocenters. The number of para-hydroxylation sites is 1. The highest BCUT2D eigenvalue weighted by Gasteiger charge is 2.22. The van der Waals surface area contributed by atoms with E-state index in [1.165, 1.54) is 5.56 Å². The third kappa shape index (κ3) is 2.86. The van der Waals surface area contributed by atoms with E-state index in [2.05, 4.69) is 36.1 Å². The Labute approximate surface area is 104 Å². The Hall–Kier alpha value is -1.80. The van der Waals surface area contributed by atoms with Crippen molar-refractivity contribution in [2.45, 2.75) is 19.9 Å². The monoisotopic (exact) mass is 228 g/mol. The van der Waals surface area contributed by atoms with E-state index in [0.29, 0.717) is 0 Å². The molecule has 0 saturated carbocycles. The van der Waals surface area contributed by atoms with Gasteiger partial charge in [0, 0.05) is 0 Å². The first kappa shape index (κ1) is 13.3. The average molecular weight is 228 g/mol. The standard InChI is InChI=1S/C13H14N2.C2H6/c1-3-7-10(4-2)13-11-8-5-6-9-12(11)14-15-13;1-2/h3-9,13-15H,1-2H2;1-2H3/b10-7+;. The van der Waals surface area contributed by atoms with Gasteiger partial charge in [-0.05, 0) is 17.2 Å². The van der Waals surface area contributed by atoms with Gasteiger partial charge in [-0.25, -0.2) is 5.43 Å². The minimum Gasteiger partial charge on any atom is -0.320 e. The molecule has 0 aliphatic carbocycles. The smallest absolute Gasteiger partial charge is 0.0780 e. The molecule has 1 aliphatic heterocycles. The van der Waals surface area contributed by atoms with Crippen molar-refractivity contribution < 1.29 is 0 Å². The van der Waals surface area contributed by atoms with Crippen molar-refractivity contribution in [2.24, 2.45) is 0 Å². The van der Waals surface area contributed by atoms with Crippen LogP contribution < -0.4 is 10.9 Å². The summed E-state index contributed by atoms with van der Waals surface area (Å²) in [5.74, 6) is 0. The second-order valence-corrected chi connectivity index (χ2v) is 3.40. The fourth-order valence-corrected chi connectivity index (χ4v) is 1.77. The van der Waals surface area contributed by atoms with Gasteiger partial charge in [-0.1, -0.05) is 63.4 Å². The van der Waals surface area contributed by atoms with E-state index in [4.69, 9.17) is 0 Å². The summed E-state index contributed by atoms with van der Waals surface area (Å²) < 4.78 is 0. The van der Waals surface area contributed by atoms with Crippen LogP contribution in [0.25, 0.3) is 0 Å². The van der Waals surface area contributed by atoms with Crippen molar-refractivity contribution in [3.8, 4) is 0 Å². The molecule has 1 aliphatic rings. The summed E-state index contributed by atoms with van der Waals surface area (Å²) in [6.07, 6.45) is 5.59. The van der Waals surface area contributed by atoms with E-state index in [0.717, 1.165) is 11.3 Å². The molecule has 0 spiro atoms. The number of benzene rings is 1. The van der Waals surface area contributed by atoms with Gasteiger partial charge in [-0.3, -0.25) is 0 Å². The lowest BCUT2D eigenvalue weighted by Crippen LogP contribution is -2.19. The van der Waals surface area contributed by atoms with E-state index in [9.17, 15) is 0 Å². The summed E-state index contributed by atoms with van der Waals surface area (Å²) >= 11 is 0. The zero-order valence-electron chi connectivity index (χ0n) is 10.5. The number of hydrogen-bond acceptors (Lipinski definition) is 2. The molecule has 1 aromatic rings. The zero-order chi connectivity index (χ0) is 12.7. The van der Waals surface area contributed by atoms with Gasteiger partial charge in [0.05, 0.1) is 11.7 Å². The van der Waals surface area contributed by atoms with E-state index in [1.54, 1.807) is 6.08 Å². The summed E-state index contributed by atoms with van der Waals surface area (Å²) in [4.78, 5) is 0. The van der Waals surface area contributed by atoms with Crippen LogP contribution >= 0.6 is 0 Å². The first-order valence-corrected chi connectivity index (χ1v) is 5.92. The Balaban J connectivity index is 0.000000686. The number of fused-ring (bicyclic) bond motifs is 1. The number of allylic oxidation sites excluding steroid dienone is 2. The first-order valence-electron chi connectivity index (χ1n) is 5.92. The molecule has 1 unspecified atom stereocenters. The summed E-state index contributed by atoms with van der Waals surface area (Å²) in [5.41, 5.74) is 9.85. The largest absolute Gasteiger partial charge is 0.320 e. The molecule has 0 aromatic heterocycles. The summed E-state index contributed by atoms with van der Waals surface area (Å²) in [6, 6.07) is 8.37. The third-order valence-corrected chi connectivity index (χ3v) is 2.50. The van der Waals surface area contributed by atoms with Crippen molar-refractivity contribution in [3.63, 3.8) is 0 Å². The molecule has 90 valence electrons. The SMILES string of the molecule is C=C/C=C(\C=C)C1NNc2ccccc21.CC. The average Bonchev–Trinajstić information content (AvgIpc) is 2.82. The number of rotatable bonds is 3. The van der Waals surface area contributed by atoms with Crippen LogP contribution in [-0.4, -0.2) is 0 Å². The Morgan fingerprint density at radius 1 is 1.24 bits per heavy atom. The Bertz CT molecular complexity index is 419. The molecule has 0 saturated heterocycles. The molecule has 17 heavy (non-hydrogen) atoms. The summed E-state index contributed by atoms with van der Waals surface area (Å²) in [7, 11) is 0. The van der Waals surface area contributed by atoms with Crippen LogP contribution in [0.4, 0.5) is 5.69 Å². The zero-order valence-corrected chi connectivity index (χ0v) is 10.5. The van der Waals surface area contributed by atoms with Gasteiger partial charge in [0.15, 0.2) is 0 Å². The van der Waals surface area contributed by atoms with Crippen molar-refractivity contribution in [1.29, 1.82) is 0 Å². The molecule has 0 fully saturated rings. The van der Waals surface area contributed by atoms with Crippen LogP contribution in [0.1, 0.15) is 25.5 Å². The van der Waals surface area contributed by atoms with Crippen LogP contribution in [0.2, 0.25) is 0 Å². The van der Waals surface area contributed by atoms with Gasteiger partial charge < -0.3 is 5.43 Å². The van der Waals surface area contributed by atoms with Crippen molar-refractivity contribution >= 4 is 5.69 Å². The Morgan fingerprint density at radius 2 is 1.94 bits per heavy atom. The molecule has 1 heterocycles. The molecular weight excluding hydrogens is 208 g/mol. The van der Waals surface area contributed by atoms with Crippen molar-refractivity contribution in [3.05, 3.63) is 66.8 Å². The van der Waals surface area contributed by atoms with Gasteiger partial charge in [0.25, 0.3) is 0 Å². The second-order valence-electron chi connectivity index (χ2n) is 3.40. The van der Waals surface area contributed by atoms with Gasteiger partial charge >= 0.3 is 0 Å². The van der Waals surface area contributed by atoms with Crippen LogP contribution in [-0.2, 0) is 0 Å². The summed E-state index contributed by atoms with van der Waals surface area (Å²) in [6.45, 7) is 11.5. The Morgan fingerprint density at radius 3 is 2.59 bits per heavy atom. The highest BCUT2D eigenvalue weighted by molar-refractivity contribution is 5.59. The molecule has 2 heteroatoms. The molecule has 0 radical (unpaired) electrons. The third-order valence-electron chi connectivity index (χ3n) is 2.50. The maximum absolute atomic E-state index is 3.81. The molecule has 0 amide bonds. The first-order chi connectivity index (χ1) is 8.36. The molecule has 2 rings (SSSR count). The molecular formula is C15H20N2. The van der Waals surface area contributed by atoms with Crippen LogP contribution in [0, 0.1) is 0 Å². The minimum atomic E-state index is 0.164.